The summed E-state index contributed by atoms with van der Waals surface area (Å²) in [6.45, 7) is 6.83. The summed E-state index contributed by atoms with van der Waals surface area (Å²) >= 11 is 5.10. The number of amides is 4. The van der Waals surface area contributed by atoms with Crippen LogP contribution in [0.25, 0.3) is 0 Å². The average Bonchev–Trinajstić information content (AvgIpc) is 3.22. The van der Waals surface area contributed by atoms with Gasteiger partial charge in [0.1, 0.15) is 5.37 Å². The summed E-state index contributed by atoms with van der Waals surface area (Å²) in [4.78, 5) is 45.2. The molecule has 7 nitrogen and oxygen atoms in total. The van der Waals surface area contributed by atoms with Crippen LogP contribution in [0.4, 0.5) is 10.5 Å². The molecule has 2 atom stereocenters. The van der Waals surface area contributed by atoms with Crippen molar-refractivity contribution in [3.05, 3.63) is 64.1 Å². The van der Waals surface area contributed by atoms with Crippen molar-refractivity contribution in [3.63, 3.8) is 0 Å². The highest BCUT2D eigenvalue weighted by Gasteiger charge is 2.42. The molecule has 38 heavy (non-hydrogen) atoms. The topological polar surface area (TPSA) is 73.0 Å². The third-order valence-corrected chi connectivity index (χ3v) is 9.73. The van der Waals surface area contributed by atoms with Gasteiger partial charge in [-0.25, -0.2) is 4.79 Å². The molecule has 202 valence electrons. The van der Waals surface area contributed by atoms with Gasteiger partial charge in [0, 0.05) is 48.8 Å². The minimum atomic E-state index is -0.370. The van der Waals surface area contributed by atoms with Crippen LogP contribution in [0.1, 0.15) is 56.0 Å². The number of carbonyl (C=O) groups is 3. The maximum Gasteiger partial charge on any atom is 0.322 e. The van der Waals surface area contributed by atoms with E-state index in [9.17, 15) is 14.4 Å². The number of urea groups is 1. The highest BCUT2D eigenvalue weighted by Crippen LogP contribution is 2.45. The second-order valence-electron chi connectivity index (χ2n) is 10.8. The van der Waals surface area contributed by atoms with Crippen molar-refractivity contribution in [3.8, 4) is 0 Å². The third-order valence-electron chi connectivity index (χ3n) is 7.72. The van der Waals surface area contributed by atoms with Crippen LogP contribution < -0.4 is 5.32 Å². The first-order valence-electron chi connectivity index (χ1n) is 13.4. The zero-order valence-corrected chi connectivity index (χ0v) is 24.3. The van der Waals surface area contributed by atoms with E-state index < -0.39 is 0 Å². The van der Waals surface area contributed by atoms with E-state index in [2.05, 4.69) is 47.2 Å². The summed E-state index contributed by atoms with van der Waals surface area (Å²) in [6, 6.07) is 16.0. The fraction of sp³-hybridized carbons (Fsp3) is 0.483. The zero-order valence-electron chi connectivity index (χ0n) is 21.9. The predicted molar refractivity (Wildman–Crippen MR) is 155 cm³/mol. The Labute approximate surface area is 237 Å². The van der Waals surface area contributed by atoms with E-state index in [1.807, 2.05) is 51.1 Å². The van der Waals surface area contributed by atoms with Gasteiger partial charge in [-0.05, 0) is 54.5 Å². The van der Waals surface area contributed by atoms with Gasteiger partial charge in [-0.3, -0.25) is 9.59 Å². The van der Waals surface area contributed by atoms with E-state index >= 15 is 0 Å². The number of hydrogen-bond donors (Lipinski definition) is 1. The Morgan fingerprint density at radius 1 is 1.08 bits per heavy atom. The van der Waals surface area contributed by atoms with Gasteiger partial charge in [-0.1, -0.05) is 60.1 Å². The molecule has 5 rings (SSSR count). The molecule has 3 heterocycles. The first kappa shape index (κ1) is 27.1. The van der Waals surface area contributed by atoms with Gasteiger partial charge in [-0.15, -0.1) is 11.8 Å². The number of likely N-dealkylation sites (tertiary alicyclic amines) is 1. The maximum absolute atomic E-state index is 13.5. The number of thioether (sulfide) groups is 1. The molecule has 3 aliphatic rings. The molecule has 2 aromatic rings. The van der Waals surface area contributed by atoms with Crippen LogP contribution in [0.5, 0.6) is 0 Å². The molecular formula is C29H35BrN4O3S. The normalized spacial score (nSPS) is 22.2. The Hall–Kier alpha value is -2.52. The van der Waals surface area contributed by atoms with Gasteiger partial charge in [0.05, 0.1) is 5.25 Å². The molecule has 1 N–H and O–H groups in total. The number of nitrogens with zero attached hydrogens (tertiary/aromatic N) is 3. The Balaban J connectivity index is 1.19. The van der Waals surface area contributed by atoms with Crippen molar-refractivity contribution in [1.29, 1.82) is 0 Å². The average molecular weight is 600 g/mol. The first-order chi connectivity index (χ1) is 18.3. The third kappa shape index (κ3) is 5.88. The summed E-state index contributed by atoms with van der Waals surface area (Å²) in [5.41, 5.74) is 3.08. The number of fused-ring (bicyclic) bond motifs is 1. The molecule has 9 heteroatoms. The lowest BCUT2D eigenvalue weighted by molar-refractivity contribution is -0.137. The summed E-state index contributed by atoms with van der Waals surface area (Å²) in [5, 5.41) is 2.55. The number of anilines is 1. The second-order valence-corrected chi connectivity index (χ2v) is 13.0. The molecule has 0 aromatic heterocycles. The Bertz CT molecular complexity index is 1180. The first-order valence-corrected chi connectivity index (χ1v) is 15.2. The molecule has 2 aromatic carbocycles. The van der Waals surface area contributed by atoms with E-state index in [0.717, 1.165) is 40.5 Å². The SMILES string of the molecule is CC(C)CCN1C(=O)C(CC(=O)N2CCC(N3Cc4ccccc4NC3=O)CC2)SC1c1ccc(Br)cc1. The van der Waals surface area contributed by atoms with Gasteiger partial charge in [-0.2, -0.15) is 0 Å². The smallest absolute Gasteiger partial charge is 0.322 e. The molecule has 0 radical (unpaired) electrons. The minimum absolute atomic E-state index is 0.0306. The number of hydrogen-bond acceptors (Lipinski definition) is 4. The van der Waals surface area contributed by atoms with Crippen molar-refractivity contribution >= 4 is 51.2 Å². The van der Waals surface area contributed by atoms with Gasteiger partial charge >= 0.3 is 6.03 Å². The van der Waals surface area contributed by atoms with E-state index in [4.69, 9.17) is 0 Å². The molecule has 0 bridgehead atoms. The van der Waals surface area contributed by atoms with Crippen molar-refractivity contribution in [2.75, 3.05) is 25.0 Å². The van der Waals surface area contributed by atoms with Gasteiger partial charge in [0.25, 0.3) is 0 Å². The maximum atomic E-state index is 13.5. The molecule has 4 amide bonds. The Morgan fingerprint density at radius 2 is 1.79 bits per heavy atom. The quantitative estimate of drug-likeness (QED) is 0.433. The number of carbonyl (C=O) groups excluding carboxylic acids is 3. The lowest BCUT2D eigenvalue weighted by Gasteiger charge is -2.40. The van der Waals surface area contributed by atoms with Crippen LogP contribution in [0.2, 0.25) is 0 Å². The molecule has 3 aliphatic heterocycles. The summed E-state index contributed by atoms with van der Waals surface area (Å²) in [7, 11) is 0. The fourth-order valence-electron chi connectivity index (χ4n) is 5.47. The van der Waals surface area contributed by atoms with Gasteiger partial charge in [0.2, 0.25) is 11.8 Å². The molecular weight excluding hydrogens is 564 g/mol. The van der Waals surface area contributed by atoms with E-state index in [1.165, 1.54) is 0 Å². The summed E-state index contributed by atoms with van der Waals surface area (Å²) < 4.78 is 1.01. The number of piperidine rings is 1. The lowest BCUT2D eigenvalue weighted by Crippen LogP contribution is -2.51. The summed E-state index contributed by atoms with van der Waals surface area (Å²) in [6.07, 6.45) is 2.64. The van der Waals surface area contributed by atoms with E-state index in [0.29, 0.717) is 32.1 Å². The lowest BCUT2D eigenvalue weighted by atomic mass is 10.0. The van der Waals surface area contributed by atoms with E-state index in [-0.39, 0.29) is 40.9 Å². The molecule has 0 spiro atoms. The highest BCUT2D eigenvalue weighted by atomic mass is 79.9. The van der Waals surface area contributed by atoms with Crippen molar-refractivity contribution < 1.29 is 14.4 Å². The molecule has 2 unspecified atom stereocenters. The molecule has 0 saturated carbocycles. The summed E-state index contributed by atoms with van der Waals surface area (Å²) in [5.74, 6) is 0.592. The van der Waals surface area contributed by atoms with Crippen LogP contribution >= 0.6 is 27.7 Å². The standard InChI is InChI=1S/C29H35BrN4O3S/c1-19(2)11-16-33-27(36)25(38-28(33)20-7-9-22(30)10-8-20)17-26(35)32-14-12-23(13-15-32)34-18-21-5-3-4-6-24(21)31-29(34)37/h3-10,19,23,25,28H,11-18H2,1-2H3,(H,31,37). The van der Waals surface area contributed by atoms with Crippen LogP contribution in [0, 0.1) is 5.92 Å². The van der Waals surface area contributed by atoms with Crippen LogP contribution in [0.3, 0.4) is 0 Å². The zero-order chi connectivity index (χ0) is 26.8. The number of nitrogens with one attached hydrogen (secondary N) is 1. The highest BCUT2D eigenvalue weighted by molar-refractivity contribution is 9.10. The predicted octanol–water partition coefficient (Wildman–Crippen LogP) is 5.87. The Morgan fingerprint density at radius 3 is 2.50 bits per heavy atom. The van der Waals surface area contributed by atoms with Crippen LogP contribution in [-0.4, -0.2) is 63.5 Å². The van der Waals surface area contributed by atoms with Crippen molar-refractivity contribution in [2.24, 2.45) is 5.92 Å². The fourth-order valence-corrected chi connectivity index (χ4v) is 7.20. The number of para-hydroxylation sites is 1. The molecule has 2 saturated heterocycles. The van der Waals surface area contributed by atoms with Gasteiger partial charge in [0.15, 0.2) is 0 Å². The van der Waals surface area contributed by atoms with Gasteiger partial charge < -0.3 is 20.0 Å². The number of halogens is 1. The second kappa shape index (κ2) is 11.7. The monoisotopic (exact) mass is 598 g/mol. The number of rotatable bonds is 7. The van der Waals surface area contributed by atoms with Crippen molar-refractivity contribution in [2.45, 2.75) is 62.7 Å². The van der Waals surface area contributed by atoms with Crippen molar-refractivity contribution in [1.82, 2.24) is 14.7 Å². The van der Waals surface area contributed by atoms with Crippen LogP contribution in [0.15, 0.2) is 53.0 Å². The Kier molecular flexibility index (Phi) is 8.33. The minimum Gasteiger partial charge on any atom is -0.342 e. The molecule has 2 fully saturated rings. The van der Waals surface area contributed by atoms with E-state index in [1.54, 1.807) is 11.8 Å². The number of benzene rings is 2. The molecule has 0 aliphatic carbocycles. The van der Waals surface area contributed by atoms with Crippen LogP contribution in [-0.2, 0) is 16.1 Å². The largest absolute Gasteiger partial charge is 0.342 e.